The van der Waals surface area contributed by atoms with Gasteiger partial charge >= 0.3 is 0 Å². The van der Waals surface area contributed by atoms with Gasteiger partial charge in [0, 0.05) is 12.6 Å². The molecular weight excluding hydrogens is 328 g/mol. The Balaban J connectivity index is 1.82. The van der Waals surface area contributed by atoms with E-state index in [4.69, 9.17) is 0 Å². The van der Waals surface area contributed by atoms with Crippen LogP contribution in [0, 0.1) is 0 Å². The van der Waals surface area contributed by atoms with Crippen molar-refractivity contribution in [3.05, 3.63) is 42.2 Å². The molecule has 1 aromatic heterocycles. The number of sulfone groups is 1. The first kappa shape index (κ1) is 16.6. The predicted octanol–water partition coefficient (Wildman–Crippen LogP) is 1.31. The van der Waals surface area contributed by atoms with Crippen molar-refractivity contribution in [3.8, 4) is 5.69 Å². The molecule has 1 amide bonds. The van der Waals surface area contributed by atoms with E-state index in [1.165, 1.54) is 11.0 Å². The van der Waals surface area contributed by atoms with Crippen LogP contribution in [0.2, 0.25) is 0 Å². The molecule has 1 aromatic carbocycles. The third-order valence-corrected chi connectivity index (χ3v) is 5.82. The van der Waals surface area contributed by atoms with Gasteiger partial charge in [-0.05, 0) is 25.0 Å². The molecule has 0 saturated carbocycles. The van der Waals surface area contributed by atoms with Crippen molar-refractivity contribution in [3.63, 3.8) is 0 Å². The van der Waals surface area contributed by atoms with E-state index < -0.39 is 9.84 Å². The maximum atomic E-state index is 12.8. The summed E-state index contributed by atoms with van der Waals surface area (Å²) >= 11 is 0. The van der Waals surface area contributed by atoms with Gasteiger partial charge in [-0.25, -0.2) is 8.42 Å². The highest BCUT2D eigenvalue weighted by Gasteiger charge is 2.35. The topological polar surface area (TPSA) is 85.2 Å². The van der Waals surface area contributed by atoms with Gasteiger partial charge in [-0.3, -0.25) is 4.79 Å². The summed E-state index contributed by atoms with van der Waals surface area (Å²) in [7, 11) is -3.05. The Labute approximate surface area is 141 Å². The van der Waals surface area contributed by atoms with Crippen LogP contribution in [-0.2, 0) is 9.84 Å². The van der Waals surface area contributed by atoms with E-state index in [1.807, 2.05) is 37.3 Å². The second-order valence-electron chi connectivity index (χ2n) is 5.91. The van der Waals surface area contributed by atoms with Gasteiger partial charge in [0.25, 0.3) is 5.91 Å². The zero-order valence-corrected chi connectivity index (χ0v) is 14.3. The zero-order chi connectivity index (χ0) is 17.2. The molecule has 1 aliphatic heterocycles. The van der Waals surface area contributed by atoms with Gasteiger partial charge in [-0.1, -0.05) is 25.1 Å². The predicted molar refractivity (Wildman–Crippen MR) is 89.7 cm³/mol. The van der Waals surface area contributed by atoms with Gasteiger partial charge < -0.3 is 4.90 Å². The van der Waals surface area contributed by atoms with Crippen molar-refractivity contribution >= 4 is 15.7 Å². The molecule has 128 valence electrons. The number of amides is 1. The molecule has 0 N–H and O–H groups in total. The lowest BCUT2D eigenvalue weighted by Crippen LogP contribution is -2.41. The van der Waals surface area contributed by atoms with Gasteiger partial charge in [0.05, 0.1) is 23.4 Å². The molecule has 0 radical (unpaired) electrons. The Bertz CT molecular complexity index is 817. The number of hydrogen-bond acceptors (Lipinski definition) is 5. The second-order valence-corrected chi connectivity index (χ2v) is 8.14. The first-order valence-corrected chi connectivity index (χ1v) is 9.81. The molecule has 0 bridgehead atoms. The molecule has 0 aliphatic carbocycles. The zero-order valence-electron chi connectivity index (χ0n) is 13.5. The van der Waals surface area contributed by atoms with Crippen LogP contribution < -0.4 is 0 Å². The van der Waals surface area contributed by atoms with E-state index >= 15 is 0 Å². The number of rotatable bonds is 5. The summed E-state index contributed by atoms with van der Waals surface area (Å²) in [4.78, 5) is 15.8. The maximum absolute atomic E-state index is 12.8. The fourth-order valence-electron chi connectivity index (χ4n) is 2.91. The summed E-state index contributed by atoms with van der Waals surface area (Å²) in [5, 5.41) is 8.40. The molecule has 3 rings (SSSR count). The fraction of sp³-hybridized carbons (Fsp3) is 0.438. The highest BCUT2D eigenvalue weighted by molar-refractivity contribution is 7.91. The molecule has 0 unspecified atom stereocenters. The molecule has 2 aromatic rings. The molecular formula is C16H20N4O3S. The summed E-state index contributed by atoms with van der Waals surface area (Å²) in [6.07, 6.45) is 2.68. The largest absolute Gasteiger partial charge is 0.333 e. The summed E-state index contributed by atoms with van der Waals surface area (Å²) in [6.45, 7) is 2.47. The molecule has 0 spiro atoms. The van der Waals surface area contributed by atoms with Crippen LogP contribution in [-0.4, -0.2) is 58.3 Å². The van der Waals surface area contributed by atoms with Crippen LogP contribution in [0.4, 0.5) is 0 Å². The minimum Gasteiger partial charge on any atom is -0.333 e. The molecule has 1 aliphatic rings. The standard InChI is InChI=1S/C16H20N4O3S/c1-2-9-19(14-8-10-24(22,23)12-14)16(21)15-11-17-20(18-15)13-6-4-3-5-7-13/h3-7,11,14H,2,8-10,12H2,1H3/t14-/m0/s1. The smallest absolute Gasteiger partial charge is 0.276 e. The van der Waals surface area contributed by atoms with Crippen molar-refractivity contribution in [1.82, 2.24) is 19.9 Å². The summed E-state index contributed by atoms with van der Waals surface area (Å²) in [6, 6.07) is 9.05. The molecule has 1 fully saturated rings. The maximum Gasteiger partial charge on any atom is 0.276 e. The van der Waals surface area contributed by atoms with Gasteiger partial charge in [0.1, 0.15) is 0 Å². The first-order chi connectivity index (χ1) is 11.5. The summed E-state index contributed by atoms with van der Waals surface area (Å²) in [5.74, 6) is -0.0888. The fourth-order valence-corrected chi connectivity index (χ4v) is 4.64. The highest BCUT2D eigenvalue weighted by atomic mass is 32.2. The van der Waals surface area contributed by atoms with E-state index in [2.05, 4.69) is 10.2 Å². The number of nitrogens with zero attached hydrogens (tertiary/aromatic N) is 4. The van der Waals surface area contributed by atoms with Crippen LogP contribution in [0.25, 0.3) is 5.69 Å². The number of carbonyl (C=O) groups is 1. The van der Waals surface area contributed by atoms with E-state index in [1.54, 1.807) is 4.90 Å². The quantitative estimate of drug-likeness (QED) is 0.813. The lowest BCUT2D eigenvalue weighted by Gasteiger charge is -2.26. The number of hydrogen-bond donors (Lipinski definition) is 0. The van der Waals surface area contributed by atoms with Crippen LogP contribution in [0.5, 0.6) is 0 Å². The van der Waals surface area contributed by atoms with Crippen molar-refractivity contribution in [2.45, 2.75) is 25.8 Å². The van der Waals surface area contributed by atoms with Crippen LogP contribution >= 0.6 is 0 Å². The Kier molecular flexibility index (Phi) is 4.66. The highest BCUT2D eigenvalue weighted by Crippen LogP contribution is 2.20. The van der Waals surface area contributed by atoms with Crippen LogP contribution in [0.3, 0.4) is 0 Å². The molecule has 1 saturated heterocycles. The van der Waals surface area contributed by atoms with Gasteiger partial charge in [-0.2, -0.15) is 9.90 Å². The SMILES string of the molecule is CCCN(C(=O)c1cnn(-c2ccccc2)n1)[C@H]1CCS(=O)(=O)C1. The minimum absolute atomic E-state index is 0.0333. The summed E-state index contributed by atoms with van der Waals surface area (Å²) in [5.41, 5.74) is 0.999. The average molecular weight is 348 g/mol. The third-order valence-electron chi connectivity index (χ3n) is 4.07. The monoisotopic (exact) mass is 348 g/mol. The number of para-hydroxylation sites is 1. The molecule has 24 heavy (non-hydrogen) atoms. The number of aromatic nitrogens is 3. The third kappa shape index (κ3) is 3.48. The van der Waals surface area contributed by atoms with E-state index in [0.717, 1.165) is 12.1 Å². The normalized spacial score (nSPS) is 19.3. The second kappa shape index (κ2) is 6.72. The van der Waals surface area contributed by atoms with Crippen molar-refractivity contribution < 1.29 is 13.2 Å². The van der Waals surface area contributed by atoms with Crippen LogP contribution in [0.15, 0.2) is 36.5 Å². The Morgan fingerprint density at radius 1 is 1.33 bits per heavy atom. The van der Waals surface area contributed by atoms with Crippen molar-refractivity contribution in [1.29, 1.82) is 0 Å². The minimum atomic E-state index is -3.05. The Morgan fingerprint density at radius 3 is 2.71 bits per heavy atom. The summed E-state index contributed by atoms with van der Waals surface area (Å²) < 4.78 is 23.5. The van der Waals surface area contributed by atoms with E-state index in [9.17, 15) is 13.2 Å². The molecule has 2 heterocycles. The van der Waals surface area contributed by atoms with Crippen molar-refractivity contribution in [2.75, 3.05) is 18.1 Å². The number of benzene rings is 1. The molecule has 7 nitrogen and oxygen atoms in total. The first-order valence-electron chi connectivity index (χ1n) is 7.99. The molecule has 8 heteroatoms. The Morgan fingerprint density at radius 2 is 2.08 bits per heavy atom. The average Bonchev–Trinajstić information content (AvgIpc) is 3.19. The van der Waals surface area contributed by atoms with E-state index in [0.29, 0.717) is 13.0 Å². The lowest BCUT2D eigenvalue weighted by atomic mass is 10.2. The lowest BCUT2D eigenvalue weighted by molar-refractivity contribution is 0.0690. The van der Waals surface area contributed by atoms with Gasteiger partial charge in [0.2, 0.25) is 0 Å². The van der Waals surface area contributed by atoms with Crippen LogP contribution in [0.1, 0.15) is 30.3 Å². The van der Waals surface area contributed by atoms with Crippen molar-refractivity contribution in [2.24, 2.45) is 0 Å². The number of carbonyl (C=O) groups excluding carboxylic acids is 1. The van der Waals surface area contributed by atoms with Gasteiger partial charge in [-0.15, -0.1) is 5.10 Å². The van der Waals surface area contributed by atoms with E-state index in [-0.39, 0.29) is 29.1 Å². The van der Waals surface area contributed by atoms with Gasteiger partial charge in [0.15, 0.2) is 15.5 Å². The molecule has 1 atom stereocenters. The Hall–Kier alpha value is -2.22.